The quantitative estimate of drug-likeness (QED) is 0.811. The first-order valence-electron chi connectivity index (χ1n) is 6.92. The van der Waals surface area contributed by atoms with Crippen LogP contribution in [0.2, 0.25) is 0 Å². The summed E-state index contributed by atoms with van der Waals surface area (Å²) >= 11 is 0. The molecule has 0 aliphatic rings. The van der Waals surface area contributed by atoms with Crippen LogP contribution in [-0.2, 0) is 16.6 Å². The molecule has 1 aromatic rings. The van der Waals surface area contributed by atoms with Crippen LogP contribution in [0.25, 0.3) is 0 Å². The molecule has 0 aromatic carbocycles. The minimum absolute atomic E-state index is 0.272. The average molecular weight is 302 g/mol. The first kappa shape index (κ1) is 17.2. The lowest BCUT2D eigenvalue weighted by molar-refractivity contribution is 0.416. The molecule has 0 saturated heterocycles. The summed E-state index contributed by atoms with van der Waals surface area (Å²) < 4.78 is 33.6. The lowest BCUT2D eigenvalue weighted by atomic mass is 10.0. The number of hydrogen-bond donors (Lipinski definition) is 2. The Balaban J connectivity index is 3.22. The summed E-state index contributed by atoms with van der Waals surface area (Å²) in [6.45, 7) is 9.77. The van der Waals surface area contributed by atoms with Gasteiger partial charge in [0.1, 0.15) is 16.4 Å². The van der Waals surface area contributed by atoms with E-state index in [1.165, 1.54) is 0 Å². The zero-order chi connectivity index (χ0) is 15.6. The summed E-state index contributed by atoms with van der Waals surface area (Å²) in [6, 6.07) is 0. The molecule has 0 spiro atoms. The Bertz CT molecular complexity index is 559. The fourth-order valence-electron chi connectivity index (χ4n) is 2.53. The minimum atomic E-state index is -3.59. The number of nitrogens with one attached hydrogen (secondary N) is 2. The zero-order valence-electron chi connectivity index (χ0n) is 13.3. The van der Waals surface area contributed by atoms with E-state index >= 15 is 0 Å². The molecular formula is C14H26N2O3S. The maximum Gasteiger partial charge on any atom is 0.244 e. The van der Waals surface area contributed by atoms with Gasteiger partial charge in [0.25, 0.3) is 0 Å². The van der Waals surface area contributed by atoms with Crippen LogP contribution in [0.15, 0.2) is 9.31 Å². The smallest absolute Gasteiger partial charge is 0.244 e. The van der Waals surface area contributed by atoms with Gasteiger partial charge in [-0.1, -0.05) is 13.3 Å². The summed E-state index contributed by atoms with van der Waals surface area (Å²) in [4.78, 5) is 0.272. The van der Waals surface area contributed by atoms with Crippen LogP contribution < -0.4 is 10.0 Å². The molecule has 1 rings (SSSR count). The molecule has 0 atom stereocenters. The molecule has 0 saturated carbocycles. The Morgan fingerprint density at radius 2 is 1.80 bits per heavy atom. The van der Waals surface area contributed by atoms with Gasteiger partial charge in [0.15, 0.2) is 0 Å². The molecule has 0 bridgehead atoms. The molecule has 0 fully saturated rings. The number of sulfonamides is 1. The normalized spacial score (nSPS) is 12.9. The topological polar surface area (TPSA) is 71.3 Å². The maximum atomic E-state index is 12.7. The molecule has 5 nitrogen and oxygen atoms in total. The van der Waals surface area contributed by atoms with E-state index < -0.39 is 15.6 Å². The summed E-state index contributed by atoms with van der Waals surface area (Å²) in [5.41, 5.74) is 0.229. The van der Waals surface area contributed by atoms with Crippen molar-refractivity contribution < 1.29 is 12.8 Å². The van der Waals surface area contributed by atoms with Crippen LogP contribution in [0.1, 0.15) is 50.7 Å². The molecule has 0 aliphatic carbocycles. The largest absolute Gasteiger partial charge is 0.465 e. The molecular weight excluding hydrogens is 276 g/mol. The van der Waals surface area contributed by atoms with E-state index in [4.69, 9.17) is 4.42 Å². The van der Waals surface area contributed by atoms with Crippen LogP contribution in [0.5, 0.6) is 0 Å². The van der Waals surface area contributed by atoms with E-state index in [-0.39, 0.29) is 4.90 Å². The van der Waals surface area contributed by atoms with Crippen molar-refractivity contribution >= 4 is 10.0 Å². The van der Waals surface area contributed by atoms with Gasteiger partial charge in [-0.15, -0.1) is 0 Å². The zero-order valence-corrected chi connectivity index (χ0v) is 14.1. The fraction of sp³-hybridized carbons (Fsp3) is 0.714. The number of hydrogen-bond acceptors (Lipinski definition) is 4. The lowest BCUT2D eigenvalue weighted by Gasteiger charge is -2.25. The van der Waals surface area contributed by atoms with Crippen LogP contribution in [0.4, 0.5) is 0 Å². The highest BCUT2D eigenvalue weighted by molar-refractivity contribution is 7.89. The van der Waals surface area contributed by atoms with E-state index in [1.54, 1.807) is 20.9 Å². The third-order valence-corrected chi connectivity index (χ3v) is 5.13. The molecule has 0 radical (unpaired) electrons. The van der Waals surface area contributed by atoms with Crippen molar-refractivity contribution in [1.82, 2.24) is 10.0 Å². The van der Waals surface area contributed by atoms with Gasteiger partial charge in [0, 0.05) is 17.6 Å². The molecule has 6 heteroatoms. The van der Waals surface area contributed by atoms with Crippen LogP contribution >= 0.6 is 0 Å². The van der Waals surface area contributed by atoms with E-state index in [0.717, 1.165) is 12.8 Å². The number of rotatable bonds is 7. The molecule has 0 unspecified atom stereocenters. The van der Waals surface area contributed by atoms with Gasteiger partial charge in [-0.05, 0) is 41.2 Å². The Labute approximate surface area is 122 Å². The monoisotopic (exact) mass is 302 g/mol. The molecule has 1 aromatic heterocycles. The first-order valence-corrected chi connectivity index (χ1v) is 8.40. The fourth-order valence-corrected chi connectivity index (χ4v) is 4.43. The van der Waals surface area contributed by atoms with Crippen molar-refractivity contribution in [3.8, 4) is 0 Å². The SMILES string of the molecule is CCCC(C)(C)NS(=O)(=O)c1c(C)oc(C)c1CNC. The Morgan fingerprint density at radius 3 is 2.30 bits per heavy atom. The average Bonchev–Trinajstić information content (AvgIpc) is 2.53. The second kappa shape index (κ2) is 6.28. The standard InChI is InChI=1S/C14H26N2O3S/c1-7-8-14(4,5)16-20(17,18)13-11(3)19-10(2)12(13)9-15-6/h15-16H,7-9H2,1-6H3. The highest BCUT2D eigenvalue weighted by atomic mass is 32.2. The molecule has 1 heterocycles. The van der Waals surface area contributed by atoms with Crippen molar-refractivity contribution in [1.29, 1.82) is 0 Å². The third-order valence-electron chi connectivity index (χ3n) is 3.23. The van der Waals surface area contributed by atoms with Crippen LogP contribution in [0, 0.1) is 13.8 Å². The van der Waals surface area contributed by atoms with Gasteiger partial charge >= 0.3 is 0 Å². The van der Waals surface area contributed by atoms with E-state index in [0.29, 0.717) is 23.6 Å². The summed E-state index contributed by atoms with van der Waals surface area (Å²) in [5, 5.41) is 2.99. The molecule has 0 aliphatic heterocycles. The number of aryl methyl sites for hydroxylation is 2. The number of furan rings is 1. The lowest BCUT2D eigenvalue weighted by Crippen LogP contribution is -2.43. The van der Waals surface area contributed by atoms with E-state index in [1.807, 2.05) is 20.8 Å². The Morgan fingerprint density at radius 1 is 1.20 bits per heavy atom. The Hall–Kier alpha value is -0.850. The van der Waals surface area contributed by atoms with E-state index in [2.05, 4.69) is 10.0 Å². The van der Waals surface area contributed by atoms with Crippen LogP contribution in [-0.4, -0.2) is 21.0 Å². The van der Waals surface area contributed by atoms with Gasteiger partial charge in [0.05, 0.1) is 0 Å². The molecule has 0 amide bonds. The van der Waals surface area contributed by atoms with Gasteiger partial charge in [-0.25, -0.2) is 13.1 Å². The minimum Gasteiger partial charge on any atom is -0.465 e. The van der Waals surface area contributed by atoms with Gasteiger partial charge in [-0.3, -0.25) is 0 Å². The van der Waals surface area contributed by atoms with Crippen molar-refractivity contribution in [3.63, 3.8) is 0 Å². The van der Waals surface area contributed by atoms with Crippen LogP contribution in [0.3, 0.4) is 0 Å². The van der Waals surface area contributed by atoms with Crippen molar-refractivity contribution in [2.24, 2.45) is 0 Å². The van der Waals surface area contributed by atoms with Crippen molar-refractivity contribution in [2.45, 2.75) is 64.4 Å². The molecule has 116 valence electrons. The Kier molecular flexibility index (Phi) is 5.40. The van der Waals surface area contributed by atoms with Gasteiger partial charge in [-0.2, -0.15) is 0 Å². The summed E-state index contributed by atoms with van der Waals surface area (Å²) in [6.07, 6.45) is 1.70. The third kappa shape index (κ3) is 3.84. The highest BCUT2D eigenvalue weighted by Crippen LogP contribution is 2.28. The highest BCUT2D eigenvalue weighted by Gasteiger charge is 2.31. The van der Waals surface area contributed by atoms with Crippen molar-refractivity contribution in [2.75, 3.05) is 7.05 Å². The first-order chi connectivity index (χ1) is 9.14. The molecule has 20 heavy (non-hydrogen) atoms. The predicted octanol–water partition coefficient (Wildman–Crippen LogP) is 2.47. The molecule has 2 N–H and O–H groups in total. The maximum absolute atomic E-state index is 12.7. The van der Waals surface area contributed by atoms with Gasteiger partial charge in [0.2, 0.25) is 10.0 Å². The van der Waals surface area contributed by atoms with Crippen molar-refractivity contribution in [3.05, 3.63) is 17.1 Å². The van der Waals surface area contributed by atoms with E-state index in [9.17, 15) is 8.42 Å². The summed E-state index contributed by atoms with van der Waals surface area (Å²) in [5.74, 6) is 1.08. The second-order valence-electron chi connectivity index (χ2n) is 5.79. The van der Waals surface area contributed by atoms with Gasteiger partial charge < -0.3 is 9.73 Å². The summed E-state index contributed by atoms with van der Waals surface area (Å²) in [7, 11) is -1.80. The predicted molar refractivity (Wildman–Crippen MR) is 80.3 cm³/mol. The second-order valence-corrected chi connectivity index (χ2v) is 7.41.